The molecule has 0 heterocycles. The first-order valence-corrected chi connectivity index (χ1v) is 27.4. The Morgan fingerprint density at radius 3 is 1.01 bits per heavy atom. The van der Waals surface area contributed by atoms with Crippen molar-refractivity contribution in [3.8, 4) is 51.3 Å². The molecule has 7 rings (SSSR count). The highest BCUT2D eigenvalue weighted by atomic mass is 19.1. The van der Waals surface area contributed by atoms with E-state index in [0.29, 0.717) is 0 Å². The normalized spacial score (nSPS) is 10.9. The van der Waals surface area contributed by atoms with Gasteiger partial charge in [0, 0.05) is 6.07 Å². The largest absolute Gasteiger partial charge is 0.423 e. The average Bonchev–Trinajstić information content (AvgIpc) is 3.47. The Hall–Kier alpha value is -8.23. The van der Waals surface area contributed by atoms with Crippen molar-refractivity contribution in [1.82, 2.24) is 0 Å². The van der Waals surface area contributed by atoms with Gasteiger partial charge in [0.1, 0.15) is 11.5 Å². The van der Waals surface area contributed by atoms with E-state index >= 15 is 8.78 Å². The van der Waals surface area contributed by atoms with Crippen LogP contribution in [-0.4, -0.2) is 23.9 Å². The fraction of sp³-hybridized carbons (Fsp3) is 0.299. The van der Waals surface area contributed by atoms with E-state index in [1.807, 2.05) is 6.07 Å². The minimum atomic E-state index is -1.03. The van der Waals surface area contributed by atoms with Gasteiger partial charge in [-0.1, -0.05) is 177 Å². The van der Waals surface area contributed by atoms with Crippen molar-refractivity contribution < 1.29 is 46.9 Å². The van der Waals surface area contributed by atoms with Crippen molar-refractivity contribution >= 4 is 23.9 Å². The van der Waals surface area contributed by atoms with Gasteiger partial charge in [-0.15, -0.1) is 0 Å². The Morgan fingerprint density at radius 1 is 0.372 bits per heavy atom. The van der Waals surface area contributed by atoms with Gasteiger partial charge in [0.15, 0.2) is 23.1 Å². The van der Waals surface area contributed by atoms with Crippen molar-refractivity contribution in [2.45, 2.75) is 129 Å². The quantitative estimate of drug-likeness (QED) is 0.0267. The van der Waals surface area contributed by atoms with Crippen LogP contribution in [0.5, 0.6) is 23.0 Å². The molecule has 11 heteroatoms. The third kappa shape index (κ3) is 17.4. The number of nitrogens with zero attached hydrogens (tertiary/aromatic N) is 1. The maximum atomic E-state index is 15.3. The molecule has 0 bridgehead atoms. The van der Waals surface area contributed by atoms with Crippen molar-refractivity contribution in [3.05, 3.63) is 202 Å². The first-order chi connectivity index (χ1) is 38.0. The monoisotopic (exact) mass is 1050 g/mol. The Bertz CT molecular complexity index is 2940. The minimum absolute atomic E-state index is 0.0597. The third-order valence-electron chi connectivity index (χ3n) is 13.6. The molecule has 0 aromatic heterocycles. The molecule has 0 N–H and O–H groups in total. The number of hydrogen-bond donors (Lipinski definition) is 0. The second-order valence-electron chi connectivity index (χ2n) is 19.7. The fourth-order valence-corrected chi connectivity index (χ4v) is 9.08. The van der Waals surface area contributed by atoms with Crippen LogP contribution < -0.4 is 18.9 Å². The van der Waals surface area contributed by atoms with Crippen LogP contribution in [-0.2, 0) is 12.8 Å². The highest BCUT2D eigenvalue weighted by molar-refractivity contribution is 5.94. The zero-order valence-electron chi connectivity index (χ0n) is 44.6. The topological polar surface area (TPSA) is 129 Å². The van der Waals surface area contributed by atoms with Crippen LogP contribution in [0.4, 0.5) is 8.78 Å². The van der Waals surface area contributed by atoms with Gasteiger partial charge in [0.25, 0.3) is 0 Å². The van der Waals surface area contributed by atoms with E-state index < -0.39 is 47.0 Å². The number of carbonyl (C=O) groups excluding carboxylic acids is 4. The molecule has 0 aliphatic rings. The second kappa shape index (κ2) is 29.9. The van der Waals surface area contributed by atoms with Gasteiger partial charge < -0.3 is 18.9 Å². The van der Waals surface area contributed by atoms with Gasteiger partial charge >= 0.3 is 23.9 Å². The number of nitriles is 1. The number of benzene rings is 7. The summed E-state index contributed by atoms with van der Waals surface area (Å²) in [5.74, 6) is -6.96. The van der Waals surface area contributed by atoms with Gasteiger partial charge in [0.2, 0.25) is 0 Å². The Labute approximate surface area is 457 Å². The molecule has 9 nitrogen and oxygen atoms in total. The molecule has 0 aliphatic heterocycles. The number of hydrogen-bond acceptors (Lipinski definition) is 9. The summed E-state index contributed by atoms with van der Waals surface area (Å²) in [6.45, 7) is 4.47. The summed E-state index contributed by atoms with van der Waals surface area (Å²) in [6.07, 6.45) is 22.5. The highest BCUT2D eigenvalue weighted by Crippen LogP contribution is 2.29. The molecule has 0 fully saturated rings. The third-order valence-corrected chi connectivity index (χ3v) is 13.6. The zero-order valence-corrected chi connectivity index (χ0v) is 44.6. The fourth-order valence-electron chi connectivity index (χ4n) is 9.08. The molecule has 0 atom stereocenters. The molecule has 0 radical (unpaired) electrons. The summed E-state index contributed by atoms with van der Waals surface area (Å²) in [7, 11) is 0. The predicted molar refractivity (Wildman–Crippen MR) is 300 cm³/mol. The lowest BCUT2D eigenvalue weighted by atomic mass is 10.00. The lowest BCUT2D eigenvalue weighted by Crippen LogP contribution is -2.13. The lowest BCUT2D eigenvalue weighted by Gasteiger charge is -2.11. The van der Waals surface area contributed by atoms with E-state index in [4.69, 9.17) is 18.9 Å². The van der Waals surface area contributed by atoms with Crippen LogP contribution >= 0.6 is 0 Å². The molecule has 402 valence electrons. The molecule has 0 aliphatic carbocycles. The van der Waals surface area contributed by atoms with Crippen LogP contribution in [0.15, 0.2) is 152 Å². The number of aryl methyl sites for hydroxylation is 2. The highest BCUT2D eigenvalue weighted by Gasteiger charge is 2.20. The van der Waals surface area contributed by atoms with Crippen LogP contribution in [0.25, 0.3) is 22.3 Å². The van der Waals surface area contributed by atoms with Crippen LogP contribution in [0.1, 0.15) is 175 Å². The number of esters is 4. The predicted octanol–water partition coefficient (Wildman–Crippen LogP) is 17.4. The van der Waals surface area contributed by atoms with Crippen LogP contribution in [0.3, 0.4) is 0 Å². The van der Waals surface area contributed by atoms with E-state index in [1.54, 1.807) is 48.5 Å². The molecule has 7 aromatic carbocycles. The minimum Gasteiger partial charge on any atom is -0.423 e. The molecular weight excluding hydrogens is 985 g/mol. The summed E-state index contributed by atoms with van der Waals surface area (Å²) < 4.78 is 52.1. The summed E-state index contributed by atoms with van der Waals surface area (Å²) in [5, 5.41) is 9.68. The standard InChI is InChI=1S/C67H67F2NO8/c1-3-5-7-9-11-13-15-17-19-47-21-25-50(26-22-47)52-29-33-54(34-30-52)64(71)77-62-39-37-56(43-60(62)68)66(73)75-58-41-49(46-70)42-59(45-58)76-67(74)57-38-40-63(61(69)44-57)78-65(72)55-35-31-53(32-36-55)51-27-23-48(24-28-51)20-18-16-14-12-10-8-6-4-2/h21-45H,3-20H2,1-2H3. The molecule has 7 aromatic rings. The lowest BCUT2D eigenvalue weighted by molar-refractivity contribution is 0.0716. The molecule has 0 unspecified atom stereocenters. The average molecular weight is 1050 g/mol. The molecule has 0 saturated carbocycles. The number of rotatable bonds is 28. The van der Waals surface area contributed by atoms with Gasteiger partial charge in [-0.05, 0) is 132 Å². The molecular formula is C67H67F2NO8. The molecule has 0 spiro atoms. The number of ether oxygens (including phenoxy) is 4. The maximum Gasteiger partial charge on any atom is 0.343 e. The molecule has 78 heavy (non-hydrogen) atoms. The Balaban J connectivity index is 0.869. The zero-order chi connectivity index (χ0) is 55.1. The van der Waals surface area contributed by atoms with E-state index in [1.165, 1.54) is 125 Å². The number of unbranched alkanes of at least 4 members (excludes halogenated alkanes) is 14. The van der Waals surface area contributed by atoms with Gasteiger partial charge in [-0.25, -0.2) is 28.0 Å². The number of carbonyl (C=O) groups is 4. The SMILES string of the molecule is CCCCCCCCCCc1ccc(-c2ccc(C(=O)Oc3ccc(C(=O)Oc4cc(C#N)cc(OC(=O)c5ccc(OC(=O)c6ccc(-c7ccc(CCCCCCCCCC)cc7)cc6)c(F)c5)c4)cc3F)cc2)cc1. The second-order valence-corrected chi connectivity index (χ2v) is 19.7. The van der Waals surface area contributed by atoms with Gasteiger partial charge in [-0.2, -0.15) is 5.26 Å². The summed E-state index contributed by atoms with van der Waals surface area (Å²) in [5.41, 5.74) is 6.22. The van der Waals surface area contributed by atoms with Gasteiger partial charge in [0.05, 0.1) is 33.9 Å². The van der Waals surface area contributed by atoms with E-state index in [9.17, 15) is 24.4 Å². The molecule has 0 amide bonds. The van der Waals surface area contributed by atoms with Gasteiger partial charge in [-0.3, -0.25) is 0 Å². The molecule has 0 saturated heterocycles. The smallest absolute Gasteiger partial charge is 0.343 e. The van der Waals surface area contributed by atoms with Crippen molar-refractivity contribution in [2.24, 2.45) is 0 Å². The van der Waals surface area contributed by atoms with Crippen LogP contribution in [0.2, 0.25) is 0 Å². The van der Waals surface area contributed by atoms with Crippen molar-refractivity contribution in [3.63, 3.8) is 0 Å². The summed E-state index contributed by atoms with van der Waals surface area (Å²) >= 11 is 0. The summed E-state index contributed by atoms with van der Waals surface area (Å²) in [6, 6.07) is 42.1. The van der Waals surface area contributed by atoms with E-state index in [2.05, 4.69) is 62.4 Å². The first-order valence-electron chi connectivity index (χ1n) is 27.4. The van der Waals surface area contributed by atoms with E-state index in [0.717, 1.165) is 78.3 Å². The Kier molecular flexibility index (Phi) is 22.0. The van der Waals surface area contributed by atoms with E-state index in [-0.39, 0.29) is 39.3 Å². The van der Waals surface area contributed by atoms with Crippen molar-refractivity contribution in [1.29, 1.82) is 5.26 Å². The Morgan fingerprint density at radius 2 is 0.679 bits per heavy atom. The van der Waals surface area contributed by atoms with Crippen LogP contribution in [0, 0.1) is 23.0 Å². The van der Waals surface area contributed by atoms with Crippen molar-refractivity contribution in [2.75, 3.05) is 0 Å². The summed E-state index contributed by atoms with van der Waals surface area (Å²) in [4.78, 5) is 52.4. The maximum absolute atomic E-state index is 15.3. The number of halogens is 2. The first kappa shape index (κ1) is 57.5.